The molecule has 22 heavy (non-hydrogen) atoms. The molecular weight excluding hydrogens is 294 g/mol. The van der Waals surface area contributed by atoms with Gasteiger partial charge in [0.2, 0.25) is 0 Å². The largest absolute Gasteiger partial charge is 0.490 e. The Bertz CT molecular complexity index is 737. The van der Waals surface area contributed by atoms with Gasteiger partial charge < -0.3 is 10.1 Å². The first-order valence-electron chi connectivity index (χ1n) is 6.68. The van der Waals surface area contributed by atoms with E-state index in [1.807, 2.05) is 0 Å². The Balaban J connectivity index is 1.96. The summed E-state index contributed by atoms with van der Waals surface area (Å²) in [5.74, 6) is -1.01. The molecular formula is C15H12F2N2O3. The lowest BCUT2D eigenvalue weighted by molar-refractivity contribution is -0.384. The zero-order chi connectivity index (χ0) is 15.7. The third kappa shape index (κ3) is 2.57. The number of fused-ring (bicyclic) bond motifs is 1. The van der Waals surface area contributed by atoms with Crippen LogP contribution in [-0.2, 0) is 0 Å². The van der Waals surface area contributed by atoms with E-state index in [0.29, 0.717) is 18.6 Å². The second-order valence-electron chi connectivity index (χ2n) is 4.91. The predicted octanol–water partition coefficient (Wildman–Crippen LogP) is 3.81. The lowest BCUT2D eigenvalue weighted by Crippen LogP contribution is -2.21. The van der Waals surface area contributed by atoms with Crippen molar-refractivity contribution in [1.82, 2.24) is 0 Å². The molecule has 1 N–H and O–H groups in total. The molecule has 0 saturated carbocycles. The van der Waals surface area contributed by atoms with Gasteiger partial charge >= 0.3 is 0 Å². The normalized spacial score (nSPS) is 16.5. The predicted molar refractivity (Wildman–Crippen MR) is 75.9 cm³/mol. The molecule has 0 aliphatic carbocycles. The van der Waals surface area contributed by atoms with Crippen LogP contribution in [0.2, 0.25) is 0 Å². The minimum Gasteiger partial charge on any atom is -0.490 e. The number of benzene rings is 2. The molecule has 1 atom stereocenters. The molecule has 114 valence electrons. The third-order valence-corrected chi connectivity index (χ3v) is 3.51. The SMILES string of the molecule is O=[N+]([O-])c1cc(F)ccc1N[C@H]1CCOc2c(F)cccc21. The number of ether oxygens (including phenoxy) is 1. The molecule has 0 spiro atoms. The minimum absolute atomic E-state index is 0.149. The van der Waals surface area contributed by atoms with E-state index in [0.717, 1.165) is 12.1 Å². The van der Waals surface area contributed by atoms with Crippen LogP contribution in [-0.4, -0.2) is 11.5 Å². The molecule has 1 heterocycles. The van der Waals surface area contributed by atoms with E-state index < -0.39 is 16.6 Å². The van der Waals surface area contributed by atoms with E-state index in [1.165, 1.54) is 12.1 Å². The molecule has 0 saturated heterocycles. The number of hydrogen-bond donors (Lipinski definition) is 1. The van der Waals surface area contributed by atoms with Crippen molar-refractivity contribution in [3.05, 3.63) is 63.7 Å². The van der Waals surface area contributed by atoms with Crippen molar-refractivity contribution in [1.29, 1.82) is 0 Å². The molecule has 7 heteroatoms. The molecule has 0 amide bonds. The highest BCUT2D eigenvalue weighted by Gasteiger charge is 2.26. The Labute approximate surface area is 124 Å². The average Bonchev–Trinajstić information content (AvgIpc) is 2.50. The highest BCUT2D eigenvalue weighted by atomic mass is 19.1. The maximum absolute atomic E-state index is 13.7. The standard InChI is InChI=1S/C15H12F2N2O3/c16-9-4-5-13(14(8-9)19(20)21)18-12-6-7-22-15-10(12)2-1-3-11(15)17/h1-5,8,12,18H,6-7H2/t12-/m0/s1. The van der Waals surface area contributed by atoms with Crippen LogP contribution >= 0.6 is 0 Å². The molecule has 1 aliphatic heterocycles. The number of nitrogens with one attached hydrogen (secondary N) is 1. The molecule has 3 rings (SSSR count). The average molecular weight is 306 g/mol. The van der Waals surface area contributed by atoms with Gasteiger partial charge in [0.05, 0.1) is 23.6 Å². The Hall–Kier alpha value is -2.70. The molecule has 0 unspecified atom stereocenters. The van der Waals surface area contributed by atoms with Gasteiger partial charge in [0.25, 0.3) is 5.69 Å². The lowest BCUT2D eigenvalue weighted by atomic mass is 10.00. The highest BCUT2D eigenvalue weighted by Crippen LogP contribution is 2.37. The summed E-state index contributed by atoms with van der Waals surface area (Å²) >= 11 is 0. The maximum Gasteiger partial charge on any atom is 0.295 e. The first-order chi connectivity index (χ1) is 10.6. The van der Waals surface area contributed by atoms with E-state index >= 15 is 0 Å². The van der Waals surface area contributed by atoms with Gasteiger partial charge in [0.15, 0.2) is 11.6 Å². The smallest absolute Gasteiger partial charge is 0.295 e. The Morgan fingerprint density at radius 3 is 2.86 bits per heavy atom. The number of rotatable bonds is 3. The third-order valence-electron chi connectivity index (χ3n) is 3.51. The summed E-state index contributed by atoms with van der Waals surface area (Å²) in [6.07, 6.45) is 0.519. The van der Waals surface area contributed by atoms with Crippen LogP contribution in [0, 0.1) is 21.7 Å². The number of nitrogens with zero attached hydrogens (tertiary/aromatic N) is 1. The fourth-order valence-corrected chi connectivity index (χ4v) is 2.50. The number of hydrogen-bond acceptors (Lipinski definition) is 4. The van der Waals surface area contributed by atoms with Gasteiger partial charge in [-0.25, -0.2) is 8.78 Å². The van der Waals surface area contributed by atoms with Crippen molar-refractivity contribution in [2.24, 2.45) is 0 Å². The van der Waals surface area contributed by atoms with Crippen LogP contribution in [0.15, 0.2) is 36.4 Å². The molecule has 5 nitrogen and oxygen atoms in total. The van der Waals surface area contributed by atoms with E-state index in [1.54, 1.807) is 12.1 Å². The number of nitro groups is 1. The number of para-hydroxylation sites is 1. The van der Waals surface area contributed by atoms with Gasteiger partial charge in [-0.15, -0.1) is 0 Å². The summed E-state index contributed by atoms with van der Waals surface area (Å²) in [6, 6.07) is 7.50. The number of nitro benzene ring substituents is 1. The molecule has 0 fully saturated rings. The minimum atomic E-state index is -0.685. The molecule has 2 aromatic carbocycles. The van der Waals surface area contributed by atoms with Gasteiger partial charge in [-0.3, -0.25) is 10.1 Å². The van der Waals surface area contributed by atoms with Crippen molar-refractivity contribution in [2.45, 2.75) is 12.5 Å². The summed E-state index contributed by atoms with van der Waals surface area (Å²) in [6.45, 7) is 0.292. The second-order valence-corrected chi connectivity index (χ2v) is 4.91. The van der Waals surface area contributed by atoms with Gasteiger partial charge in [-0.1, -0.05) is 12.1 Å². The molecule has 0 bridgehead atoms. The monoisotopic (exact) mass is 306 g/mol. The molecule has 0 aromatic heterocycles. The van der Waals surface area contributed by atoms with Crippen LogP contribution in [0.5, 0.6) is 5.75 Å². The summed E-state index contributed by atoms with van der Waals surface area (Å²) in [7, 11) is 0. The van der Waals surface area contributed by atoms with Crippen LogP contribution < -0.4 is 10.1 Å². The van der Waals surface area contributed by atoms with E-state index in [-0.39, 0.29) is 23.2 Å². The topological polar surface area (TPSA) is 64.4 Å². The fourth-order valence-electron chi connectivity index (χ4n) is 2.50. The first-order valence-corrected chi connectivity index (χ1v) is 6.68. The molecule has 0 radical (unpaired) electrons. The van der Waals surface area contributed by atoms with Gasteiger partial charge in [0, 0.05) is 12.0 Å². The summed E-state index contributed by atoms with van der Waals surface area (Å²) in [5.41, 5.74) is 0.419. The van der Waals surface area contributed by atoms with Gasteiger partial charge in [-0.05, 0) is 18.2 Å². The quantitative estimate of drug-likeness (QED) is 0.692. The van der Waals surface area contributed by atoms with E-state index in [9.17, 15) is 18.9 Å². The van der Waals surface area contributed by atoms with Crippen molar-refractivity contribution < 1.29 is 18.4 Å². The van der Waals surface area contributed by atoms with Crippen molar-refractivity contribution in [3.8, 4) is 5.75 Å². The van der Waals surface area contributed by atoms with E-state index in [4.69, 9.17) is 4.74 Å². The van der Waals surface area contributed by atoms with E-state index in [2.05, 4.69) is 5.32 Å². The van der Waals surface area contributed by atoms with Crippen LogP contribution in [0.3, 0.4) is 0 Å². The molecule has 1 aliphatic rings. The molecule has 2 aromatic rings. The van der Waals surface area contributed by atoms with Crippen LogP contribution in [0.1, 0.15) is 18.0 Å². The zero-order valence-electron chi connectivity index (χ0n) is 11.4. The highest BCUT2D eigenvalue weighted by molar-refractivity contribution is 5.63. The maximum atomic E-state index is 13.7. The van der Waals surface area contributed by atoms with Crippen molar-refractivity contribution in [3.63, 3.8) is 0 Å². The summed E-state index contributed by atoms with van der Waals surface area (Å²) in [5, 5.41) is 14.0. The second kappa shape index (κ2) is 5.59. The van der Waals surface area contributed by atoms with Crippen molar-refractivity contribution in [2.75, 3.05) is 11.9 Å². The van der Waals surface area contributed by atoms with Crippen LogP contribution in [0.4, 0.5) is 20.2 Å². The van der Waals surface area contributed by atoms with Crippen LogP contribution in [0.25, 0.3) is 0 Å². The fraction of sp³-hybridized carbons (Fsp3) is 0.200. The number of halogens is 2. The Morgan fingerprint density at radius 1 is 1.27 bits per heavy atom. The zero-order valence-corrected chi connectivity index (χ0v) is 11.4. The summed E-state index contributed by atoms with van der Waals surface area (Å²) < 4.78 is 32.2. The number of anilines is 1. The lowest BCUT2D eigenvalue weighted by Gasteiger charge is -2.27. The Kier molecular flexibility index (Phi) is 3.62. The first kappa shape index (κ1) is 14.2. The van der Waals surface area contributed by atoms with Crippen molar-refractivity contribution >= 4 is 11.4 Å². The summed E-state index contributed by atoms with van der Waals surface area (Å²) in [4.78, 5) is 10.4. The van der Waals surface area contributed by atoms with Gasteiger partial charge in [0.1, 0.15) is 11.5 Å². The van der Waals surface area contributed by atoms with Gasteiger partial charge in [-0.2, -0.15) is 0 Å². The Morgan fingerprint density at radius 2 is 2.09 bits per heavy atom.